The van der Waals surface area contributed by atoms with Crippen molar-refractivity contribution in [3.05, 3.63) is 11.6 Å². The van der Waals surface area contributed by atoms with E-state index in [1.807, 2.05) is 6.92 Å². The molecular formula is C24H30O8. The molecule has 5 rings (SSSR count). The standard InChI is InChI=1S/C24H30O8/c1-23-8-5-13-19(22(28)30-2)14(17-3-4-18(26)32-17)11-16(25)20(13)24(23,29)9-6-15(23)12-7-10-31-21(12)27/h7,13-15,17,19-20,29H,3-6,8-11H2,1-2H3/t13-,14-,15-,17+,19+,20+,23-,24+/m1/s1. The molecule has 8 heteroatoms. The zero-order chi connectivity index (χ0) is 22.8. The second-order valence-electron chi connectivity index (χ2n) is 10.3. The van der Waals surface area contributed by atoms with E-state index >= 15 is 0 Å². The summed E-state index contributed by atoms with van der Waals surface area (Å²) in [4.78, 5) is 50.5. The first-order valence-corrected chi connectivity index (χ1v) is 11.6. The van der Waals surface area contributed by atoms with E-state index < -0.39 is 40.8 Å². The second kappa shape index (κ2) is 7.40. The monoisotopic (exact) mass is 446 g/mol. The van der Waals surface area contributed by atoms with Crippen LogP contribution in [-0.4, -0.2) is 54.2 Å². The van der Waals surface area contributed by atoms with Crippen molar-refractivity contribution in [1.82, 2.24) is 0 Å². The zero-order valence-corrected chi connectivity index (χ0v) is 18.5. The Bertz CT molecular complexity index is 908. The Morgan fingerprint density at radius 2 is 1.94 bits per heavy atom. The lowest BCUT2D eigenvalue weighted by Gasteiger charge is -2.57. The van der Waals surface area contributed by atoms with Crippen molar-refractivity contribution in [1.29, 1.82) is 0 Å². The Morgan fingerprint density at radius 1 is 1.16 bits per heavy atom. The maximum atomic E-state index is 13.6. The zero-order valence-electron chi connectivity index (χ0n) is 18.5. The molecule has 4 fully saturated rings. The minimum absolute atomic E-state index is 0.0761. The molecule has 32 heavy (non-hydrogen) atoms. The van der Waals surface area contributed by atoms with Gasteiger partial charge in [-0.2, -0.15) is 0 Å². The van der Waals surface area contributed by atoms with E-state index in [-0.39, 0.29) is 49.0 Å². The van der Waals surface area contributed by atoms with Gasteiger partial charge in [-0.15, -0.1) is 0 Å². The maximum Gasteiger partial charge on any atom is 0.334 e. The third-order valence-corrected chi connectivity index (χ3v) is 9.21. The van der Waals surface area contributed by atoms with Gasteiger partial charge in [0.2, 0.25) is 0 Å². The van der Waals surface area contributed by atoms with Crippen LogP contribution in [-0.2, 0) is 33.4 Å². The van der Waals surface area contributed by atoms with E-state index in [0.29, 0.717) is 37.7 Å². The smallest absolute Gasteiger partial charge is 0.334 e. The number of ether oxygens (including phenoxy) is 3. The van der Waals surface area contributed by atoms with Crippen LogP contribution in [0.3, 0.4) is 0 Å². The summed E-state index contributed by atoms with van der Waals surface area (Å²) < 4.78 is 15.7. The van der Waals surface area contributed by atoms with Crippen molar-refractivity contribution >= 4 is 23.7 Å². The first-order valence-electron chi connectivity index (χ1n) is 11.6. The van der Waals surface area contributed by atoms with Gasteiger partial charge in [0.05, 0.1) is 24.5 Å². The molecular weight excluding hydrogens is 416 g/mol. The quantitative estimate of drug-likeness (QED) is 0.515. The highest BCUT2D eigenvalue weighted by atomic mass is 16.6. The molecule has 8 atom stereocenters. The number of carbonyl (C=O) groups excluding carboxylic acids is 4. The summed E-state index contributed by atoms with van der Waals surface area (Å²) in [6, 6.07) is 0. The third kappa shape index (κ3) is 2.84. The molecule has 2 heterocycles. The van der Waals surface area contributed by atoms with Gasteiger partial charge in [-0.05, 0) is 50.0 Å². The average molecular weight is 446 g/mol. The van der Waals surface area contributed by atoms with Crippen LogP contribution < -0.4 is 0 Å². The van der Waals surface area contributed by atoms with Gasteiger partial charge in [0.15, 0.2) is 0 Å². The molecule has 2 aliphatic heterocycles. The molecule has 174 valence electrons. The highest BCUT2D eigenvalue weighted by Gasteiger charge is 2.69. The fourth-order valence-corrected chi connectivity index (χ4v) is 7.71. The Morgan fingerprint density at radius 3 is 2.56 bits per heavy atom. The highest BCUT2D eigenvalue weighted by molar-refractivity contribution is 5.92. The SMILES string of the molecule is COC(=O)[C@H]1[C@H]2CC[C@]3(C)[C@@H](C4=CCOC4=O)CC[C@]3(O)[C@@H]2C(=O)C[C@@H]1[C@@H]1CCC(=O)O1. The van der Waals surface area contributed by atoms with Gasteiger partial charge < -0.3 is 19.3 Å². The predicted octanol–water partition coefficient (Wildman–Crippen LogP) is 1.73. The third-order valence-electron chi connectivity index (χ3n) is 9.21. The van der Waals surface area contributed by atoms with E-state index in [9.17, 15) is 24.3 Å². The van der Waals surface area contributed by atoms with E-state index in [0.717, 1.165) is 0 Å². The topological polar surface area (TPSA) is 116 Å². The molecule has 3 aliphatic carbocycles. The number of hydrogen-bond acceptors (Lipinski definition) is 8. The van der Waals surface area contributed by atoms with Crippen molar-refractivity contribution in [2.75, 3.05) is 13.7 Å². The summed E-state index contributed by atoms with van der Waals surface area (Å²) in [6.07, 6.45) is 4.29. The van der Waals surface area contributed by atoms with E-state index in [4.69, 9.17) is 14.2 Å². The molecule has 5 aliphatic rings. The molecule has 0 radical (unpaired) electrons. The fourth-order valence-electron chi connectivity index (χ4n) is 7.71. The number of carbonyl (C=O) groups is 4. The Kier molecular flexibility index (Phi) is 5.00. The van der Waals surface area contributed by atoms with Crippen LogP contribution in [0, 0.1) is 35.0 Å². The number of methoxy groups -OCH3 is 1. The number of hydrogen-bond donors (Lipinski definition) is 1. The van der Waals surface area contributed by atoms with Crippen LogP contribution in [0.1, 0.15) is 51.9 Å². The number of esters is 3. The van der Waals surface area contributed by atoms with Crippen molar-refractivity contribution in [3.63, 3.8) is 0 Å². The minimum atomic E-state index is -1.31. The summed E-state index contributed by atoms with van der Waals surface area (Å²) in [6.45, 7) is 2.22. The summed E-state index contributed by atoms with van der Waals surface area (Å²) in [5.74, 6) is -3.45. The summed E-state index contributed by atoms with van der Waals surface area (Å²) in [5, 5.41) is 12.1. The van der Waals surface area contributed by atoms with Crippen LogP contribution >= 0.6 is 0 Å². The molecule has 1 saturated heterocycles. The van der Waals surface area contributed by atoms with Crippen LogP contribution in [0.15, 0.2) is 11.6 Å². The average Bonchev–Trinajstić information content (AvgIpc) is 3.44. The van der Waals surface area contributed by atoms with E-state index in [1.54, 1.807) is 6.08 Å². The lowest BCUT2D eigenvalue weighted by Crippen LogP contribution is -2.64. The number of aliphatic hydroxyl groups is 1. The van der Waals surface area contributed by atoms with E-state index in [2.05, 4.69) is 0 Å². The number of ketones is 1. The van der Waals surface area contributed by atoms with Crippen molar-refractivity contribution < 1.29 is 38.5 Å². The highest BCUT2D eigenvalue weighted by Crippen LogP contribution is 2.66. The fraction of sp³-hybridized carbons (Fsp3) is 0.750. The van der Waals surface area contributed by atoms with Crippen LogP contribution in [0.25, 0.3) is 0 Å². The van der Waals surface area contributed by atoms with Crippen molar-refractivity contribution in [2.24, 2.45) is 35.0 Å². The molecule has 0 spiro atoms. The normalized spacial score (nSPS) is 45.6. The van der Waals surface area contributed by atoms with Gasteiger partial charge in [-0.25, -0.2) is 4.79 Å². The lowest BCUT2D eigenvalue weighted by molar-refractivity contribution is -0.197. The van der Waals surface area contributed by atoms with E-state index in [1.165, 1.54) is 7.11 Å². The van der Waals surface area contributed by atoms with Crippen LogP contribution in [0.2, 0.25) is 0 Å². The number of cyclic esters (lactones) is 2. The van der Waals surface area contributed by atoms with Crippen molar-refractivity contribution in [2.45, 2.75) is 63.6 Å². The molecule has 8 nitrogen and oxygen atoms in total. The Hall–Kier alpha value is -2.22. The van der Waals surface area contributed by atoms with Gasteiger partial charge >= 0.3 is 17.9 Å². The molecule has 0 aromatic rings. The number of rotatable bonds is 3. The first-order chi connectivity index (χ1) is 15.2. The summed E-state index contributed by atoms with van der Waals surface area (Å²) in [5.41, 5.74) is -1.37. The molecule has 0 aromatic carbocycles. The molecule has 0 unspecified atom stereocenters. The van der Waals surface area contributed by atoms with Gasteiger partial charge in [-0.1, -0.05) is 6.92 Å². The Labute approximate surface area is 186 Å². The lowest BCUT2D eigenvalue weighted by atomic mass is 9.48. The largest absolute Gasteiger partial charge is 0.469 e. The molecule has 0 amide bonds. The molecule has 0 aromatic heterocycles. The predicted molar refractivity (Wildman–Crippen MR) is 109 cm³/mol. The van der Waals surface area contributed by atoms with Crippen LogP contribution in [0.4, 0.5) is 0 Å². The number of fused-ring (bicyclic) bond motifs is 3. The van der Waals surface area contributed by atoms with Gasteiger partial charge in [0.25, 0.3) is 0 Å². The summed E-state index contributed by atoms with van der Waals surface area (Å²) in [7, 11) is 1.33. The molecule has 3 saturated carbocycles. The van der Waals surface area contributed by atoms with Crippen molar-refractivity contribution in [3.8, 4) is 0 Å². The summed E-state index contributed by atoms with van der Waals surface area (Å²) >= 11 is 0. The molecule has 1 N–H and O–H groups in total. The van der Waals surface area contributed by atoms with Crippen LogP contribution in [0.5, 0.6) is 0 Å². The second-order valence-corrected chi connectivity index (χ2v) is 10.3. The maximum absolute atomic E-state index is 13.6. The Balaban J connectivity index is 1.50. The first kappa shape index (κ1) is 21.6. The molecule has 0 bridgehead atoms. The van der Waals surface area contributed by atoms with Gasteiger partial charge in [0, 0.05) is 29.7 Å². The number of Topliss-reactive ketones (excluding diaryl/α,β-unsaturated/α-hetero) is 1. The minimum Gasteiger partial charge on any atom is -0.469 e. The van der Waals surface area contributed by atoms with Gasteiger partial charge in [0.1, 0.15) is 18.5 Å². The van der Waals surface area contributed by atoms with Gasteiger partial charge in [-0.3, -0.25) is 14.4 Å².